The minimum atomic E-state index is 0.745. The first-order chi connectivity index (χ1) is 7.81. The Kier molecular flexibility index (Phi) is 4.11. The van der Waals surface area contributed by atoms with Crippen LogP contribution >= 0.6 is 22.6 Å². The van der Waals surface area contributed by atoms with Crippen LogP contribution in [0.2, 0.25) is 0 Å². The van der Waals surface area contributed by atoms with Gasteiger partial charge in [-0.25, -0.2) is 9.97 Å². The number of nitrogens with zero attached hydrogens (tertiary/aromatic N) is 3. The van der Waals surface area contributed by atoms with E-state index < -0.39 is 0 Å². The van der Waals surface area contributed by atoms with E-state index in [1.807, 2.05) is 6.20 Å². The molecule has 0 spiro atoms. The molecule has 1 aromatic heterocycles. The molecule has 86 valence electrons. The van der Waals surface area contributed by atoms with Gasteiger partial charge >= 0.3 is 0 Å². The summed E-state index contributed by atoms with van der Waals surface area (Å²) in [5.74, 6) is 1.03. The fourth-order valence-corrected chi connectivity index (χ4v) is 2.40. The van der Waals surface area contributed by atoms with Crippen LogP contribution in [-0.2, 0) is 4.74 Å². The van der Waals surface area contributed by atoms with Crippen molar-refractivity contribution >= 4 is 28.4 Å². The van der Waals surface area contributed by atoms with Crippen molar-refractivity contribution in [3.05, 3.63) is 27.7 Å². The zero-order valence-electron chi connectivity index (χ0n) is 9.19. The Labute approximate surface area is 109 Å². The molecular formula is C11H14IN3O. The van der Waals surface area contributed by atoms with Gasteiger partial charge in [-0.05, 0) is 34.6 Å². The Morgan fingerprint density at radius 2 is 2.44 bits per heavy atom. The lowest BCUT2D eigenvalue weighted by Gasteiger charge is -2.27. The van der Waals surface area contributed by atoms with Crippen molar-refractivity contribution in [3.63, 3.8) is 0 Å². The predicted molar refractivity (Wildman–Crippen MR) is 71.5 cm³/mol. The Morgan fingerprint density at radius 3 is 3.06 bits per heavy atom. The highest BCUT2D eigenvalue weighted by molar-refractivity contribution is 14.1. The van der Waals surface area contributed by atoms with E-state index in [2.05, 4.69) is 43.5 Å². The fourth-order valence-electron chi connectivity index (χ4n) is 1.76. The van der Waals surface area contributed by atoms with Crippen LogP contribution in [-0.4, -0.2) is 36.8 Å². The van der Waals surface area contributed by atoms with Gasteiger partial charge in [-0.3, -0.25) is 0 Å². The van der Waals surface area contributed by atoms with E-state index in [1.165, 1.54) is 5.57 Å². The van der Waals surface area contributed by atoms with E-state index in [-0.39, 0.29) is 0 Å². The van der Waals surface area contributed by atoms with Crippen LogP contribution in [0.25, 0.3) is 0 Å². The zero-order chi connectivity index (χ0) is 11.4. The Bertz CT molecular complexity index is 395. The van der Waals surface area contributed by atoms with Crippen molar-refractivity contribution in [1.29, 1.82) is 0 Å². The van der Waals surface area contributed by atoms with E-state index in [0.717, 1.165) is 35.5 Å². The third-order valence-electron chi connectivity index (χ3n) is 2.58. The van der Waals surface area contributed by atoms with Crippen molar-refractivity contribution in [3.8, 4) is 0 Å². The number of aromatic nitrogens is 2. The van der Waals surface area contributed by atoms with Gasteiger partial charge in [-0.1, -0.05) is 6.08 Å². The molecule has 0 amide bonds. The van der Waals surface area contributed by atoms with Gasteiger partial charge in [0, 0.05) is 26.4 Å². The smallest absolute Gasteiger partial charge is 0.145 e. The molecular weight excluding hydrogens is 317 g/mol. The number of halogens is 1. The van der Waals surface area contributed by atoms with Crippen molar-refractivity contribution < 1.29 is 4.74 Å². The van der Waals surface area contributed by atoms with Crippen LogP contribution in [0.1, 0.15) is 6.42 Å². The summed E-state index contributed by atoms with van der Waals surface area (Å²) < 4.78 is 6.23. The molecule has 0 unspecified atom stereocenters. The summed E-state index contributed by atoms with van der Waals surface area (Å²) in [7, 11) is 1.74. The van der Waals surface area contributed by atoms with Crippen LogP contribution in [0.15, 0.2) is 24.2 Å². The van der Waals surface area contributed by atoms with E-state index >= 15 is 0 Å². The SMILES string of the molecule is COCC1=CCN(c2ncncc2I)CC1. The minimum Gasteiger partial charge on any atom is -0.380 e. The number of hydrogen-bond donors (Lipinski definition) is 0. The van der Waals surface area contributed by atoms with Gasteiger partial charge in [0.15, 0.2) is 0 Å². The average Bonchev–Trinajstić information content (AvgIpc) is 2.31. The Morgan fingerprint density at radius 1 is 1.56 bits per heavy atom. The maximum Gasteiger partial charge on any atom is 0.145 e. The molecule has 0 radical (unpaired) electrons. The number of anilines is 1. The van der Waals surface area contributed by atoms with Gasteiger partial charge in [-0.15, -0.1) is 0 Å². The highest BCUT2D eigenvalue weighted by Gasteiger charge is 2.15. The molecule has 1 aliphatic rings. The second-order valence-corrected chi connectivity index (χ2v) is 4.85. The molecule has 0 saturated carbocycles. The summed E-state index contributed by atoms with van der Waals surface area (Å²) in [6.45, 7) is 2.66. The number of methoxy groups -OCH3 is 1. The lowest BCUT2D eigenvalue weighted by molar-refractivity contribution is 0.222. The fraction of sp³-hybridized carbons (Fsp3) is 0.455. The summed E-state index contributed by atoms with van der Waals surface area (Å²) >= 11 is 2.27. The molecule has 1 aromatic rings. The topological polar surface area (TPSA) is 38.2 Å². The molecule has 0 fully saturated rings. The summed E-state index contributed by atoms with van der Waals surface area (Å²) in [5.41, 5.74) is 1.38. The number of ether oxygens (including phenoxy) is 1. The Balaban J connectivity index is 2.07. The van der Waals surface area contributed by atoms with Gasteiger partial charge in [0.25, 0.3) is 0 Å². The summed E-state index contributed by atoms with van der Waals surface area (Å²) in [6, 6.07) is 0. The van der Waals surface area contributed by atoms with Crippen molar-refractivity contribution in [2.45, 2.75) is 6.42 Å². The van der Waals surface area contributed by atoms with E-state index in [0.29, 0.717) is 0 Å². The van der Waals surface area contributed by atoms with Gasteiger partial charge in [0.2, 0.25) is 0 Å². The molecule has 0 atom stereocenters. The van der Waals surface area contributed by atoms with Crippen molar-refractivity contribution in [2.24, 2.45) is 0 Å². The zero-order valence-corrected chi connectivity index (χ0v) is 11.3. The third kappa shape index (κ3) is 2.70. The summed E-state index contributed by atoms with van der Waals surface area (Å²) in [5, 5.41) is 0. The standard InChI is InChI=1S/C11H14IN3O/c1-16-7-9-2-4-15(5-3-9)11-10(12)6-13-8-14-11/h2,6,8H,3-5,7H2,1H3. The molecule has 1 aliphatic heterocycles. The number of rotatable bonds is 3. The largest absolute Gasteiger partial charge is 0.380 e. The van der Waals surface area contributed by atoms with Crippen LogP contribution in [0.4, 0.5) is 5.82 Å². The molecule has 16 heavy (non-hydrogen) atoms. The maximum atomic E-state index is 5.13. The van der Waals surface area contributed by atoms with Crippen molar-refractivity contribution in [2.75, 3.05) is 31.7 Å². The van der Waals surface area contributed by atoms with Gasteiger partial charge in [-0.2, -0.15) is 0 Å². The van der Waals surface area contributed by atoms with Crippen LogP contribution < -0.4 is 4.90 Å². The van der Waals surface area contributed by atoms with Gasteiger partial charge in [0.1, 0.15) is 12.1 Å². The highest BCUT2D eigenvalue weighted by Crippen LogP contribution is 2.21. The van der Waals surface area contributed by atoms with Crippen LogP contribution in [0, 0.1) is 3.57 Å². The normalized spacial score (nSPS) is 16.1. The third-order valence-corrected chi connectivity index (χ3v) is 3.34. The lowest BCUT2D eigenvalue weighted by Crippen LogP contribution is -2.30. The second-order valence-electron chi connectivity index (χ2n) is 3.69. The molecule has 2 rings (SSSR count). The van der Waals surface area contributed by atoms with E-state index in [9.17, 15) is 0 Å². The molecule has 2 heterocycles. The highest BCUT2D eigenvalue weighted by atomic mass is 127. The maximum absolute atomic E-state index is 5.13. The minimum absolute atomic E-state index is 0.745. The molecule has 5 heteroatoms. The first-order valence-corrected chi connectivity index (χ1v) is 6.26. The predicted octanol–water partition coefficient (Wildman–Crippen LogP) is 1.86. The van der Waals surface area contributed by atoms with Crippen LogP contribution in [0.3, 0.4) is 0 Å². The van der Waals surface area contributed by atoms with Gasteiger partial charge in [0.05, 0.1) is 10.2 Å². The first kappa shape index (κ1) is 11.8. The molecule has 0 aromatic carbocycles. The Hall–Kier alpha value is -0.690. The molecule has 0 bridgehead atoms. The summed E-state index contributed by atoms with van der Waals surface area (Å²) in [6.07, 6.45) is 6.72. The average molecular weight is 331 g/mol. The van der Waals surface area contributed by atoms with Crippen molar-refractivity contribution in [1.82, 2.24) is 9.97 Å². The summed E-state index contributed by atoms with van der Waals surface area (Å²) in [4.78, 5) is 10.6. The van der Waals surface area contributed by atoms with E-state index in [4.69, 9.17) is 4.74 Å². The quantitative estimate of drug-likeness (QED) is 0.626. The number of hydrogen-bond acceptors (Lipinski definition) is 4. The molecule has 0 aliphatic carbocycles. The first-order valence-electron chi connectivity index (χ1n) is 5.18. The molecule has 4 nitrogen and oxygen atoms in total. The lowest BCUT2D eigenvalue weighted by atomic mass is 10.1. The van der Waals surface area contributed by atoms with Crippen LogP contribution in [0.5, 0.6) is 0 Å². The van der Waals surface area contributed by atoms with Gasteiger partial charge < -0.3 is 9.64 Å². The monoisotopic (exact) mass is 331 g/mol. The second kappa shape index (κ2) is 5.58. The van der Waals surface area contributed by atoms with E-state index in [1.54, 1.807) is 13.4 Å². The molecule has 0 saturated heterocycles. The molecule has 0 N–H and O–H groups in total.